The smallest absolute Gasteiger partial charge is 0.224 e. The Bertz CT molecular complexity index is 504. The molecule has 1 unspecified atom stereocenters. The van der Waals surface area contributed by atoms with Crippen LogP contribution in [0.3, 0.4) is 0 Å². The Morgan fingerprint density at radius 1 is 1.37 bits per heavy atom. The maximum Gasteiger partial charge on any atom is 0.224 e. The van der Waals surface area contributed by atoms with Gasteiger partial charge in [-0.2, -0.15) is 0 Å². The molecule has 4 nitrogen and oxygen atoms in total. The summed E-state index contributed by atoms with van der Waals surface area (Å²) in [6.45, 7) is 7.31. The zero-order valence-electron chi connectivity index (χ0n) is 10.6. The van der Waals surface area contributed by atoms with Crippen LogP contribution in [0.2, 0.25) is 10.4 Å². The molecule has 1 rings (SSSR count). The molecule has 0 N–H and O–H groups in total. The van der Waals surface area contributed by atoms with E-state index in [2.05, 4.69) is 21.5 Å². The number of nitrogens with zero attached hydrogens (tertiary/aromatic N) is 4. The van der Waals surface area contributed by atoms with Crippen molar-refractivity contribution in [3.8, 4) is 0 Å². The molecule has 1 heterocycles. The zero-order valence-corrected chi connectivity index (χ0v) is 13.6. The van der Waals surface area contributed by atoms with Gasteiger partial charge in [0.1, 0.15) is 10.7 Å². The largest absolute Gasteiger partial charge is 0.334 e. The summed E-state index contributed by atoms with van der Waals surface area (Å²) < 4.78 is 0. The molecule has 0 amide bonds. The van der Waals surface area contributed by atoms with Crippen LogP contribution in [-0.4, -0.2) is 32.7 Å². The highest BCUT2D eigenvalue weighted by Gasteiger charge is 2.14. The van der Waals surface area contributed by atoms with Crippen molar-refractivity contribution in [2.45, 2.75) is 19.3 Å². The van der Waals surface area contributed by atoms with E-state index in [4.69, 9.17) is 46.4 Å². The van der Waals surface area contributed by atoms with Gasteiger partial charge in [-0.1, -0.05) is 29.8 Å². The van der Waals surface area contributed by atoms with Gasteiger partial charge < -0.3 is 4.90 Å². The number of hydrogen-bond donors (Lipinski definition) is 0. The van der Waals surface area contributed by atoms with Crippen LogP contribution in [0.1, 0.15) is 18.2 Å². The summed E-state index contributed by atoms with van der Waals surface area (Å²) in [7, 11) is 1.71. The van der Waals surface area contributed by atoms with Crippen LogP contribution < -0.4 is 0 Å². The molecule has 0 aromatic carbocycles. The quantitative estimate of drug-likeness (QED) is 0.207. The number of rotatable bonds is 3. The Labute approximate surface area is 132 Å². The molecule has 1 aromatic heterocycles. The monoisotopic (exact) mass is 340 g/mol. The highest BCUT2D eigenvalue weighted by atomic mass is 35.5. The predicted octanol–water partition coefficient (Wildman–Crippen LogP) is 4.17. The van der Waals surface area contributed by atoms with Gasteiger partial charge in [0.05, 0.1) is 17.0 Å². The van der Waals surface area contributed by atoms with Crippen molar-refractivity contribution in [2.75, 3.05) is 7.05 Å². The summed E-state index contributed by atoms with van der Waals surface area (Å²) in [5.74, 6) is 0. The van der Waals surface area contributed by atoms with Gasteiger partial charge in [-0.05, 0) is 37.0 Å². The van der Waals surface area contributed by atoms with Crippen LogP contribution in [0.5, 0.6) is 0 Å². The van der Waals surface area contributed by atoms with Gasteiger partial charge in [-0.15, -0.1) is 0 Å². The third kappa shape index (κ3) is 4.21. The first-order valence-electron chi connectivity index (χ1n) is 5.24. The Morgan fingerprint density at radius 2 is 1.95 bits per heavy atom. The molecule has 104 valence electrons. The molecular formula is C11H12Cl4N4. The van der Waals surface area contributed by atoms with Crippen LogP contribution in [0, 0.1) is 6.92 Å². The number of aliphatic imine (C=N–C) groups is 1. The number of alkyl halides is 1. The lowest BCUT2D eigenvalue weighted by molar-refractivity contribution is 0.500. The van der Waals surface area contributed by atoms with E-state index in [1.807, 2.05) is 0 Å². The third-order valence-corrected chi connectivity index (χ3v) is 3.45. The van der Waals surface area contributed by atoms with Crippen LogP contribution in [0.15, 0.2) is 11.6 Å². The summed E-state index contributed by atoms with van der Waals surface area (Å²) in [6, 6.07) is 0. The van der Waals surface area contributed by atoms with Crippen molar-refractivity contribution < 1.29 is 0 Å². The third-order valence-electron chi connectivity index (χ3n) is 2.36. The number of hydrogen-bond acceptors (Lipinski definition) is 3. The lowest BCUT2D eigenvalue weighted by atomic mass is 10.2. The number of aryl methyl sites for hydroxylation is 1. The van der Waals surface area contributed by atoms with E-state index in [1.54, 1.807) is 25.8 Å². The minimum Gasteiger partial charge on any atom is -0.334 e. The van der Waals surface area contributed by atoms with Gasteiger partial charge in [0, 0.05) is 7.05 Å². The van der Waals surface area contributed by atoms with Crippen molar-refractivity contribution in [3.63, 3.8) is 0 Å². The van der Waals surface area contributed by atoms with Gasteiger partial charge in [0.2, 0.25) is 5.28 Å². The Balaban J connectivity index is 3.12. The van der Waals surface area contributed by atoms with Gasteiger partial charge >= 0.3 is 0 Å². The van der Waals surface area contributed by atoms with Crippen molar-refractivity contribution in [1.82, 2.24) is 14.9 Å². The van der Waals surface area contributed by atoms with E-state index < -0.39 is 0 Å². The zero-order chi connectivity index (χ0) is 14.7. The fraction of sp³-hybridized carbons (Fsp3) is 0.364. The van der Waals surface area contributed by atoms with Crippen molar-refractivity contribution >= 4 is 57.4 Å². The van der Waals surface area contributed by atoms with E-state index in [1.165, 1.54) is 0 Å². The van der Waals surface area contributed by atoms with Gasteiger partial charge in [0.15, 0.2) is 5.29 Å². The molecule has 0 aliphatic heterocycles. The Morgan fingerprint density at radius 3 is 2.42 bits per heavy atom. The second kappa shape index (κ2) is 6.75. The molecule has 0 aliphatic rings. The highest BCUT2D eigenvalue weighted by Crippen LogP contribution is 2.26. The Kier molecular flexibility index (Phi) is 5.86. The number of amidine groups is 1. The fourth-order valence-electron chi connectivity index (χ4n) is 1.23. The lowest BCUT2D eigenvalue weighted by Crippen LogP contribution is -2.27. The maximum atomic E-state index is 6.03. The summed E-state index contributed by atoms with van der Waals surface area (Å²) in [4.78, 5) is 13.6. The summed E-state index contributed by atoms with van der Waals surface area (Å²) >= 11 is 23.6. The van der Waals surface area contributed by atoms with E-state index in [-0.39, 0.29) is 21.2 Å². The van der Waals surface area contributed by atoms with Crippen LogP contribution >= 0.6 is 46.4 Å². The van der Waals surface area contributed by atoms with Crippen molar-refractivity contribution in [3.05, 3.63) is 28.3 Å². The van der Waals surface area contributed by atoms with E-state index in [0.29, 0.717) is 17.0 Å². The fourth-order valence-corrected chi connectivity index (χ4v) is 2.20. The summed E-state index contributed by atoms with van der Waals surface area (Å²) in [5.41, 5.74) is 1.11. The van der Waals surface area contributed by atoms with Crippen LogP contribution in [0.4, 0.5) is 0 Å². The first kappa shape index (κ1) is 16.5. The molecule has 1 aromatic rings. The second-order valence-electron chi connectivity index (χ2n) is 3.76. The van der Waals surface area contributed by atoms with Crippen molar-refractivity contribution in [1.29, 1.82) is 0 Å². The molecule has 0 saturated heterocycles. The molecule has 0 bridgehead atoms. The first-order chi connectivity index (χ1) is 8.73. The van der Waals surface area contributed by atoms with E-state index in [0.717, 1.165) is 0 Å². The molecule has 8 heteroatoms. The average Bonchev–Trinajstić information content (AvgIpc) is 2.25. The normalized spacial score (nSPS) is 13.3. The highest BCUT2D eigenvalue weighted by molar-refractivity contribution is 6.65. The SMILES string of the molecule is C=C(N=C(Cl)N(C)C(C)Cl)c1c(C)nc(Cl)nc1Cl. The van der Waals surface area contributed by atoms with Crippen LogP contribution in [0.25, 0.3) is 5.70 Å². The maximum absolute atomic E-state index is 6.03. The van der Waals surface area contributed by atoms with Crippen molar-refractivity contribution in [2.24, 2.45) is 4.99 Å². The average molecular weight is 342 g/mol. The molecular weight excluding hydrogens is 330 g/mol. The number of halogens is 4. The summed E-state index contributed by atoms with van der Waals surface area (Å²) in [6.07, 6.45) is 0. The molecule has 0 aliphatic carbocycles. The minimum absolute atomic E-state index is 0.0700. The van der Waals surface area contributed by atoms with Gasteiger partial charge in [0.25, 0.3) is 0 Å². The minimum atomic E-state index is -0.304. The Hall–Kier alpha value is -0.550. The summed E-state index contributed by atoms with van der Waals surface area (Å²) in [5, 5.41) is 0.441. The van der Waals surface area contributed by atoms with E-state index >= 15 is 0 Å². The lowest BCUT2D eigenvalue weighted by Gasteiger charge is -2.19. The molecule has 0 saturated carbocycles. The second-order valence-corrected chi connectivity index (χ2v) is 5.42. The molecule has 0 fully saturated rings. The van der Waals surface area contributed by atoms with E-state index in [9.17, 15) is 0 Å². The topological polar surface area (TPSA) is 41.4 Å². The predicted molar refractivity (Wildman–Crippen MR) is 82.2 cm³/mol. The first-order valence-corrected chi connectivity index (χ1v) is 6.81. The molecule has 1 atom stereocenters. The van der Waals surface area contributed by atoms with Gasteiger partial charge in [-0.25, -0.2) is 15.0 Å². The van der Waals surface area contributed by atoms with Crippen LogP contribution in [-0.2, 0) is 0 Å². The standard InChI is InChI=1S/C11H12Cl4N4/c1-5-8(9(13)18-10(14)16-5)6(2)17-11(15)19(4)7(3)12/h7H,2H2,1,3-4H3. The molecule has 0 radical (unpaired) electrons. The molecule has 0 spiro atoms. The molecule has 19 heavy (non-hydrogen) atoms. The van der Waals surface area contributed by atoms with Gasteiger partial charge in [-0.3, -0.25) is 0 Å². The number of aromatic nitrogens is 2.